The smallest absolute Gasteiger partial charge is 0.318 e. The Balaban J connectivity index is 1.82. The summed E-state index contributed by atoms with van der Waals surface area (Å²) in [4.78, 5) is 14.4. The Hall–Kier alpha value is -2.40. The van der Waals surface area contributed by atoms with Crippen molar-refractivity contribution in [3.63, 3.8) is 0 Å². The summed E-state index contributed by atoms with van der Waals surface area (Å²) in [5, 5.41) is 3.08. The molecule has 0 saturated carbocycles. The van der Waals surface area contributed by atoms with E-state index >= 15 is 0 Å². The van der Waals surface area contributed by atoms with Crippen LogP contribution in [0.2, 0.25) is 0 Å². The van der Waals surface area contributed by atoms with Gasteiger partial charge in [-0.3, -0.25) is 0 Å². The minimum Gasteiger partial charge on any atom is -0.381 e. The summed E-state index contributed by atoms with van der Waals surface area (Å²) < 4.78 is 18.7. The highest BCUT2D eigenvalue weighted by molar-refractivity contribution is 5.75. The van der Waals surface area contributed by atoms with Gasteiger partial charge in [0.05, 0.1) is 6.04 Å². The SMILES string of the molecule is CN(C(=O)NC1CCOCC1)C(c1ccccc1)c1ccc(F)cc1. The molecule has 1 heterocycles. The van der Waals surface area contributed by atoms with E-state index in [9.17, 15) is 9.18 Å². The van der Waals surface area contributed by atoms with Gasteiger partial charge in [-0.15, -0.1) is 0 Å². The van der Waals surface area contributed by atoms with Gasteiger partial charge in [-0.2, -0.15) is 0 Å². The van der Waals surface area contributed by atoms with Crippen molar-refractivity contribution in [2.75, 3.05) is 20.3 Å². The molecule has 25 heavy (non-hydrogen) atoms. The van der Waals surface area contributed by atoms with Crippen LogP contribution in [0.1, 0.15) is 30.0 Å². The molecule has 1 saturated heterocycles. The van der Waals surface area contributed by atoms with Gasteiger partial charge in [0, 0.05) is 26.3 Å². The molecule has 3 rings (SSSR count). The van der Waals surface area contributed by atoms with Crippen molar-refractivity contribution in [1.82, 2.24) is 10.2 Å². The second kappa shape index (κ2) is 8.12. The van der Waals surface area contributed by atoms with Crippen LogP contribution in [-0.2, 0) is 4.74 Å². The van der Waals surface area contributed by atoms with E-state index in [-0.39, 0.29) is 23.9 Å². The van der Waals surface area contributed by atoms with Crippen molar-refractivity contribution in [2.45, 2.75) is 24.9 Å². The molecule has 1 fully saturated rings. The first kappa shape index (κ1) is 17.4. The Morgan fingerprint density at radius 3 is 2.32 bits per heavy atom. The van der Waals surface area contributed by atoms with E-state index in [0.29, 0.717) is 13.2 Å². The summed E-state index contributed by atoms with van der Waals surface area (Å²) in [5.74, 6) is -0.287. The fraction of sp³-hybridized carbons (Fsp3) is 0.350. The van der Waals surface area contributed by atoms with Crippen LogP contribution in [0.4, 0.5) is 9.18 Å². The summed E-state index contributed by atoms with van der Waals surface area (Å²) in [5.41, 5.74) is 1.86. The van der Waals surface area contributed by atoms with Crippen LogP contribution in [0.3, 0.4) is 0 Å². The predicted octanol–water partition coefficient (Wildman–Crippen LogP) is 3.74. The molecule has 0 aromatic heterocycles. The molecule has 1 aliphatic heterocycles. The largest absolute Gasteiger partial charge is 0.381 e. The summed E-state index contributed by atoms with van der Waals surface area (Å²) in [6.45, 7) is 1.35. The Morgan fingerprint density at radius 2 is 1.68 bits per heavy atom. The van der Waals surface area contributed by atoms with E-state index in [1.165, 1.54) is 12.1 Å². The van der Waals surface area contributed by atoms with Crippen LogP contribution in [0.25, 0.3) is 0 Å². The van der Waals surface area contributed by atoms with Crippen molar-refractivity contribution in [3.8, 4) is 0 Å². The first-order valence-corrected chi connectivity index (χ1v) is 8.56. The van der Waals surface area contributed by atoms with Gasteiger partial charge >= 0.3 is 6.03 Å². The normalized spacial score (nSPS) is 16.2. The minimum absolute atomic E-state index is 0.133. The zero-order chi connectivity index (χ0) is 17.6. The molecule has 1 atom stereocenters. The zero-order valence-corrected chi connectivity index (χ0v) is 14.3. The zero-order valence-electron chi connectivity index (χ0n) is 14.3. The summed E-state index contributed by atoms with van der Waals surface area (Å²) in [7, 11) is 1.77. The van der Waals surface area contributed by atoms with Crippen LogP contribution in [0, 0.1) is 5.82 Å². The molecular weight excluding hydrogens is 319 g/mol. The first-order valence-electron chi connectivity index (χ1n) is 8.56. The third kappa shape index (κ3) is 4.37. The van der Waals surface area contributed by atoms with Gasteiger partial charge in [-0.25, -0.2) is 9.18 Å². The average molecular weight is 342 g/mol. The van der Waals surface area contributed by atoms with Crippen LogP contribution in [0.15, 0.2) is 54.6 Å². The third-order valence-electron chi connectivity index (χ3n) is 4.56. The number of benzene rings is 2. The summed E-state index contributed by atoms with van der Waals surface area (Å²) in [6.07, 6.45) is 1.65. The van der Waals surface area contributed by atoms with Crippen molar-refractivity contribution in [3.05, 3.63) is 71.5 Å². The maximum absolute atomic E-state index is 13.3. The van der Waals surface area contributed by atoms with Crippen LogP contribution in [0.5, 0.6) is 0 Å². The monoisotopic (exact) mass is 342 g/mol. The highest BCUT2D eigenvalue weighted by Crippen LogP contribution is 2.28. The number of amides is 2. The van der Waals surface area contributed by atoms with Crippen molar-refractivity contribution < 1.29 is 13.9 Å². The number of nitrogens with zero attached hydrogens (tertiary/aromatic N) is 1. The first-order chi connectivity index (χ1) is 12.1. The topological polar surface area (TPSA) is 41.6 Å². The maximum atomic E-state index is 13.3. The number of halogens is 1. The molecule has 1 aliphatic rings. The number of ether oxygens (including phenoxy) is 1. The predicted molar refractivity (Wildman–Crippen MR) is 94.8 cm³/mol. The lowest BCUT2D eigenvalue weighted by Crippen LogP contribution is -2.46. The number of hydrogen-bond acceptors (Lipinski definition) is 2. The number of nitrogens with one attached hydrogen (secondary N) is 1. The average Bonchev–Trinajstić information content (AvgIpc) is 2.65. The molecule has 2 aromatic carbocycles. The lowest BCUT2D eigenvalue weighted by molar-refractivity contribution is 0.0780. The van der Waals surface area contributed by atoms with Gasteiger partial charge in [-0.1, -0.05) is 42.5 Å². The number of hydrogen-bond donors (Lipinski definition) is 1. The van der Waals surface area contributed by atoms with Crippen LogP contribution in [-0.4, -0.2) is 37.2 Å². The van der Waals surface area contributed by atoms with Gasteiger partial charge in [0.2, 0.25) is 0 Å². The summed E-state index contributed by atoms with van der Waals surface area (Å²) in [6, 6.07) is 15.8. The molecule has 132 valence electrons. The third-order valence-corrected chi connectivity index (χ3v) is 4.56. The summed E-state index contributed by atoms with van der Waals surface area (Å²) >= 11 is 0. The molecule has 0 radical (unpaired) electrons. The van der Waals surface area contributed by atoms with Gasteiger partial charge in [0.1, 0.15) is 5.82 Å². The van der Waals surface area contributed by atoms with Gasteiger partial charge in [0.15, 0.2) is 0 Å². The molecule has 0 aliphatic carbocycles. The van der Waals surface area contributed by atoms with Gasteiger partial charge < -0.3 is 15.0 Å². The molecule has 0 spiro atoms. The molecular formula is C20H23FN2O2. The van der Waals surface area contributed by atoms with Crippen molar-refractivity contribution in [2.24, 2.45) is 0 Å². The lowest BCUT2D eigenvalue weighted by Gasteiger charge is -2.32. The quantitative estimate of drug-likeness (QED) is 0.920. The molecule has 2 amide bonds. The molecule has 2 aromatic rings. The number of carbonyl (C=O) groups excluding carboxylic acids is 1. The number of urea groups is 1. The maximum Gasteiger partial charge on any atom is 0.318 e. The fourth-order valence-electron chi connectivity index (χ4n) is 3.16. The number of carbonyl (C=O) groups is 1. The van der Waals surface area contributed by atoms with E-state index in [1.807, 2.05) is 30.3 Å². The molecule has 1 N–H and O–H groups in total. The molecule has 5 heteroatoms. The fourth-order valence-corrected chi connectivity index (χ4v) is 3.16. The van der Waals surface area contributed by atoms with Gasteiger partial charge in [-0.05, 0) is 36.1 Å². The van der Waals surface area contributed by atoms with E-state index in [2.05, 4.69) is 5.32 Å². The lowest BCUT2D eigenvalue weighted by atomic mass is 9.97. The Morgan fingerprint density at radius 1 is 1.08 bits per heavy atom. The van der Waals surface area contributed by atoms with Crippen LogP contribution < -0.4 is 5.32 Å². The second-order valence-corrected chi connectivity index (χ2v) is 6.31. The van der Waals surface area contributed by atoms with E-state index in [4.69, 9.17) is 4.74 Å². The van der Waals surface area contributed by atoms with E-state index in [1.54, 1.807) is 24.1 Å². The Kier molecular flexibility index (Phi) is 5.66. The minimum atomic E-state index is -0.287. The molecule has 0 bridgehead atoms. The highest BCUT2D eigenvalue weighted by Gasteiger charge is 2.25. The second-order valence-electron chi connectivity index (χ2n) is 6.31. The Labute approximate surface area is 147 Å². The van der Waals surface area contributed by atoms with Crippen molar-refractivity contribution >= 4 is 6.03 Å². The van der Waals surface area contributed by atoms with E-state index in [0.717, 1.165) is 24.0 Å². The van der Waals surface area contributed by atoms with Crippen molar-refractivity contribution in [1.29, 1.82) is 0 Å². The van der Waals surface area contributed by atoms with Gasteiger partial charge in [0.25, 0.3) is 0 Å². The Bertz CT molecular complexity index is 685. The van der Waals surface area contributed by atoms with E-state index < -0.39 is 0 Å². The standard InChI is InChI=1S/C20H23FN2O2/c1-23(20(24)22-18-11-13-25-14-12-18)19(15-5-3-2-4-6-15)16-7-9-17(21)10-8-16/h2-10,18-19H,11-14H2,1H3,(H,22,24). The van der Waals surface area contributed by atoms with Crippen LogP contribution >= 0.6 is 0 Å². The molecule has 4 nitrogen and oxygen atoms in total. The highest BCUT2D eigenvalue weighted by atomic mass is 19.1. The number of rotatable bonds is 4. The molecule has 1 unspecified atom stereocenters.